The Kier molecular flexibility index (Phi) is 32.1. The quantitative estimate of drug-likeness (QED) is 0.0234. The van der Waals surface area contributed by atoms with Crippen molar-refractivity contribution in [1.82, 2.24) is 0 Å². The molecule has 0 aliphatic rings. The molecule has 0 aliphatic heterocycles. The van der Waals surface area contributed by atoms with E-state index in [0.717, 1.165) is 83.5 Å². The predicted octanol–water partition coefficient (Wildman–Crippen LogP) is 10.6. The maximum absolute atomic E-state index is 12.6. The molecule has 0 radical (unpaired) electrons. The number of rotatable bonds is 34. The Morgan fingerprint density at radius 2 is 1.18 bits per heavy atom. The number of likely N-dealkylation sites (N-methyl/N-ethyl adjacent to an activating group) is 1. The second-order valence-corrected chi connectivity index (χ2v) is 15.0. The summed E-state index contributed by atoms with van der Waals surface area (Å²) >= 11 is 0. The van der Waals surface area contributed by atoms with Gasteiger partial charge >= 0.3 is 13.8 Å². The zero-order valence-electron chi connectivity index (χ0n) is 31.9. The fourth-order valence-corrected chi connectivity index (χ4v) is 5.38. The number of hydrogen-bond acceptors (Lipinski definition) is 6. The van der Waals surface area contributed by atoms with Crippen LogP contribution in [0.1, 0.15) is 129 Å². The molecule has 0 fully saturated rings. The van der Waals surface area contributed by atoms with Crippen molar-refractivity contribution < 1.29 is 37.3 Å². The monoisotopic (exact) mass is 711 g/mol. The van der Waals surface area contributed by atoms with Gasteiger partial charge in [-0.2, -0.15) is 0 Å². The Morgan fingerprint density at radius 1 is 0.653 bits per heavy atom. The topological polar surface area (TPSA) is 91.3 Å². The van der Waals surface area contributed by atoms with Crippen molar-refractivity contribution in [2.75, 3.05) is 54.1 Å². The number of ether oxygens (including phenoxy) is 2. The third kappa shape index (κ3) is 37.3. The summed E-state index contributed by atoms with van der Waals surface area (Å²) in [6.07, 6.45) is 39.8. The minimum absolute atomic E-state index is 0.0819. The lowest BCUT2D eigenvalue weighted by Gasteiger charge is -2.24. The molecule has 0 bridgehead atoms. The Hall–Kier alpha value is -1.80. The minimum atomic E-state index is -4.27. The summed E-state index contributed by atoms with van der Waals surface area (Å²) in [5, 5.41) is 0. The highest BCUT2D eigenvalue weighted by molar-refractivity contribution is 7.47. The van der Waals surface area contributed by atoms with Crippen molar-refractivity contribution >= 4 is 13.8 Å². The van der Waals surface area contributed by atoms with Crippen LogP contribution in [0.2, 0.25) is 0 Å². The van der Waals surface area contributed by atoms with E-state index in [-0.39, 0.29) is 25.8 Å². The minimum Gasteiger partial charge on any atom is -0.457 e. The predicted molar refractivity (Wildman–Crippen MR) is 205 cm³/mol. The fourth-order valence-electron chi connectivity index (χ4n) is 4.64. The maximum Gasteiger partial charge on any atom is 0.472 e. The summed E-state index contributed by atoms with van der Waals surface area (Å²) in [5.41, 5.74) is 0. The van der Waals surface area contributed by atoms with E-state index in [1.54, 1.807) is 0 Å². The Morgan fingerprint density at radius 3 is 1.78 bits per heavy atom. The maximum atomic E-state index is 12.6. The fraction of sp³-hybridized carbons (Fsp3) is 0.725. The first-order valence-electron chi connectivity index (χ1n) is 19.0. The highest BCUT2D eigenvalue weighted by Gasteiger charge is 2.26. The Labute approximate surface area is 300 Å². The number of quaternary nitrogens is 1. The van der Waals surface area contributed by atoms with E-state index in [9.17, 15) is 14.3 Å². The molecule has 9 heteroatoms. The SMILES string of the molecule is CC/C=C\C/C=C\C/C=C\C/C=C\C/C=C\CCCCCCCC(=O)OC(COCCCCCCCC)COP(=O)(O)OCC[N+](C)(C)C. The highest BCUT2D eigenvalue weighted by Crippen LogP contribution is 2.43. The molecule has 49 heavy (non-hydrogen) atoms. The number of allylic oxidation sites excluding steroid dienone is 10. The number of phosphoric acid groups is 1. The second-order valence-electron chi connectivity index (χ2n) is 13.6. The van der Waals surface area contributed by atoms with Crippen molar-refractivity contribution in [3.05, 3.63) is 60.8 Å². The standard InChI is InChI=1S/C40H72NO7P/c1-6-8-10-12-14-15-16-17-18-19-20-21-22-23-24-25-26-27-28-29-31-33-40(42)48-39(37-45-35-32-30-13-11-9-7-2)38-47-49(43,44)46-36-34-41(3,4)5/h8,10,14-15,17-18,20-21,23-24,39H,6-7,9,11-13,16,19,22,25-38H2,1-5H3/p+1/b10-8-,15-14-,18-17-,21-20-,24-23-. The van der Waals surface area contributed by atoms with Crippen LogP contribution >= 0.6 is 7.82 Å². The van der Waals surface area contributed by atoms with Gasteiger partial charge in [0.25, 0.3) is 0 Å². The zero-order chi connectivity index (χ0) is 36.3. The molecule has 2 atom stereocenters. The average Bonchev–Trinajstić information content (AvgIpc) is 3.04. The van der Waals surface area contributed by atoms with Crippen LogP contribution in [0.4, 0.5) is 0 Å². The molecule has 0 aromatic heterocycles. The zero-order valence-corrected chi connectivity index (χ0v) is 32.8. The molecular weight excluding hydrogens is 637 g/mol. The molecule has 2 unspecified atom stereocenters. The molecule has 0 saturated carbocycles. The van der Waals surface area contributed by atoms with Crippen LogP contribution in [-0.2, 0) is 27.9 Å². The van der Waals surface area contributed by atoms with Crippen molar-refractivity contribution in [2.45, 2.75) is 136 Å². The highest BCUT2D eigenvalue weighted by atomic mass is 31.2. The van der Waals surface area contributed by atoms with E-state index in [1.165, 1.54) is 25.7 Å². The number of esters is 1. The molecular formula is C40H73NO7P+. The molecule has 0 spiro atoms. The van der Waals surface area contributed by atoms with E-state index in [1.807, 2.05) is 21.1 Å². The molecule has 0 aliphatic carbocycles. The third-order valence-electron chi connectivity index (χ3n) is 7.59. The average molecular weight is 711 g/mol. The smallest absolute Gasteiger partial charge is 0.457 e. The summed E-state index contributed by atoms with van der Waals surface area (Å²) in [4.78, 5) is 22.7. The van der Waals surface area contributed by atoms with Crippen LogP contribution in [0.15, 0.2) is 60.8 Å². The number of unbranched alkanes of at least 4 members (excludes halogenated alkanes) is 10. The largest absolute Gasteiger partial charge is 0.472 e. The molecule has 0 heterocycles. The van der Waals surface area contributed by atoms with E-state index in [0.29, 0.717) is 24.1 Å². The van der Waals surface area contributed by atoms with Crippen molar-refractivity contribution in [1.29, 1.82) is 0 Å². The van der Waals surface area contributed by atoms with Crippen LogP contribution in [0.3, 0.4) is 0 Å². The van der Waals surface area contributed by atoms with Crippen molar-refractivity contribution in [3.63, 3.8) is 0 Å². The Bertz CT molecular complexity index is 968. The first-order chi connectivity index (χ1) is 23.6. The summed E-state index contributed by atoms with van der Waals surface area (Å²) in [6.45, 7) is 5.40. The van der Waals surface area contributed by atoms with Crippen LogP contribution in [0.25, 0.3) is 0 Å². The van der Waals surface area contributed by atoms with Gasteiger partial charge in [0.2, 0.25) is 0 Å². The van der Waals surface area contributed by atoms with Gasteiger partial charge in [-0.25, -0.2) is 4.57 Å². The summed E-state index contributed by atoms with van der Waals surface area (Å²) in [5.74, 6) is -0.339. The van der Waals surface area contributed by atoms with Gasteiger partial charge in [0.1, 0.15) is 19.3 Å². The van der Waals surface area contributed by atoms with Gasteiger partial charge in [0.05, 0.1) is 34.4 Å². The molecule has 0 rings (SSSR count). The lowest BCUT2D eigenvalue weighted by molar-refractivity contribution is -0.870. The van der Waals surface area contributed by atoms with E-state index in [2.05, 4.69) is 74.6 Å². The molecule has 8 nitrogen and oxygen atoms in total. The summed E-state index contributed by atoms with van der Waals surface area (Å²) < 4.78 is 34.6. The van der Waals surface area contributed by atoms with Crippen LogP contribution < -0.4 is 0 Å². The number of nitrogens with zero attached hydrogens (tertiary/aromatic N) is 1. The molecule has 0 aromatic rings. The number of hydrogen-bond donors (Lipinski definition) is 1. The van der Waals surface area contributed by atoms with E-state index < -0.39 is 13.9 Å². The molecule has 0 amide bonds. The summed E-state index contributed by atoms with van der Waals surface area (Å²) in [6, 6.07) is 0. The van der Waals surface area contributed by atoms with Gasteiger partial charge < -0.3 is 18.9 Å². The van der Waals surface area contributed by atoms with Gasteiger partial charge in [-0.15, -0.1) is 0 Å². The molecule has 284 valence electrons. The molecule has 1 N–H and O–H groups in total. The van der Waals surface area contributed by atoms with Crippen LogP contribution in [-0.4, -0.2) is 75.6 Å². The molecule has 0 saturated heterocycles. The van der Waals surface area contributed by atoms with Gasteiger partial charge in [-0.1, -0.05) is 126 Å². The normalized spacial score (nSPS) is 14.7. The van der Waals surface area contributed by atoms with Gasteiger partial charge in [0.15, 0.2) is 0 Å². The number of carbonyl (C=O) groups is 1. The van der Waals surface area contributed by atoms with Gasteiger partial charge in [-0.05, 0) is 57.8 Å². The second kappa shape index (κ2) is 33.3. The Balaban J connectivity index is 4.21. The molecule has 0 aromatic carbocycles. The van der Waals surface area contributed by atoms with E-state index in [4.69, 9.17) is 18.5 Å². The number of phosphoric ester groups is 1. The lowest BCUT2D eigenvalue weighted by Crippen LogP contribution is -2.37. The summed E-state index contributed by atoms with van der Waals surface area (Å²) in [7, 11) is 1.64. The van der Waals surface area contributed by atoms with Gasteiger partial charge in [-0.3, -0.25) is 13.8 Å². The van der Waals surface area contributed by atoms with Crippen LogP contribution in [0.5, 0.6) is 0 Å². The van der Waals surface area contributed by atoms with Crippen molar-refractivity contribution in [3.8, 4) is 0 Å². The lowest BCUT2D eigenvalue weighted by atomic mass is 10.1. The van der Waals surface area contributed by atoms with Gasteiger partial charge in [0, 0.05) is 13.0 Å². The first-order valence-corrected chi connectivity index (χ1v) is 20.5. The van der Waals surface area contributed by atoms with E-state index >= 15 is 0 Å². The van der Waals surface area contributed by atoms with Crippen molar-refractivity contribution in [2.24, 2.45) is 0 Å². The van der Waals surface area contributed by atoms with Crippen LogP contribution in [0, 0.1) is 0 Å². The number of carbonyl (C=O) groups excluding carboxylic acids is 1. The first kappa shape index (κ1) is 47.2. The third-order valence-corrected chi connectivity index (χ3v) is 8.58.